The summed E-state index contributed by atoms with van der Waals surface area (Å²) in [6.07, 6.45) is 2.38. The van der Waals surface area contributed by atoms with Gasteiger partial charge in [0.1, 0.15) is 12.1 Å². The van der Waals surface area contributed by atoms with E-state index in [2.05, 4.69) is 9.97 Å². The first-order valence-electron chi connectivity index (χ1n) is 5.29. The van der Waals surface area contributed by atoms with Crippen molar-refractivity contribution in [2.24, 2.45) is 0 Å². The maximum atomic E-state index is 11.4. The van der Waals surface area contributed by atoms with E-state index in [4.69, 9.17) is 0 Å². The lowest BCUT2D eigenvalue weighted by molar-refractivity contribution is 0.598. The highest BCUT2D eigenvalue weighted by Crippen LogP contribution is 2.21. The summed E-state index contributed by atoms with van der Waals surface area (Å²) in [5, 5.41) is 0.0234. The van der Waals surface area contributed by atoms with Gasteiger partial charge >= 0.3 is 0 Å². The van der Waals surface area contributed by atoms with Crippen LogP contribution in [0.15, 0.2) is 47.8 Å². The standard InChI is InChI=1S/C12H13N3O2S/c1-15(10-6-4-3-5-7-10)11-8-12(14-9-13-11)18(2,16)17/h3-9H,1-2H3. The molecule has 0 aliphatic carbocycles. The monoisotopic (exact) mass is 263 g/mol. The van der Waals surface area contributed by atoms with E-state index in [9.17, 15) is 8.42 Å². The molecular weight excluding hydrogens is 250 g/mol. The van der Waals surface area contributed by atoms with Crippen LogP contribution in [-0.4, -0.2) is 31.7 Å². The van der Waals surface area contributed by atoms with Gasteiger partial charge in [0, 0.05) is 25.1 Å². The van der Waals surface area contributed by atoms with Gasteiger partial charge in [0.05, 0.1) is 0 Å². The molecule has 0 aliphatic rings. The molecule has 0 atom stereocenters. The zero-order valence-electron chi connectivity index (χ0n) is 10.1. The predicted molar refractivity (Wildman–Crippen MR) is 69.6 cm³/mol. The molecule has 2 aromatic rings. The van der Waals surface area contributed by atoms with Crippen molar-refractivity contribution in [1.29, 1.82) is 0 Å². The van der Waals surface area contributed by atoms with Crippen LogP contribution in [0.1, 0.15) is 0 Å². The van der Waals surface area contributed by atoms with E-state index in [-0.39, 0.29) is 5.03 Å². The molecule has 0 aliphatic heterocycles. The summed E-state index contributed by atoms with van der Waals surface area (Å²) >= 11 is 0. The molecule has 0 spiro atoms. The second kappa shape index (κ2) is 4.73. The van der Waals surface area contributed by atoms with Crippen LogP contribution in [0.3, 0.4) is 0 Å². The van der Waals surface area contributed by atoms with E-state index >= 15 is 0 Å². The lowest BCUT2D eigenvalue weighted by atomic mass is 10.3. The SMILES string of the molecule is CN(c1ccccc1)c1cc(S(C)(=O)=O)ncn1. The smallest absolute Gasteiger partial charge is 0.192 e. The Hall–Kier alpha value is -1.95. The highest BCUT2D eigenvalue weighted by Gasteiger charge is 2.12. The number of anilines is 2. The lowest BCUT2D eigenvalue weighted by Crippen LogP contribution is -2.12. The Bertz CT molecular complexity index is 641. The fraction of sp³-hybridized carbons (Fsp3) is 0.167. The maximum Gasteiger partial charge on any atom is 0.192 e. The first-order chi connectivity index (χ1) is 8.48. The molecule has 18 heavy (non-hydrogen) atoms. The largest absolute Gasteiger partial charge is 0.329 e. The number of nitrogens with zero attached hydrogens (tertiary/aromatic N) is 3. The highest BCUT2D eigenvalue weighted by atomic mass is 32.2. The van der Waals surface area contributed by atoms with Crippen molar-refractivity contribution in [3.8, 4) is 0 Å². The lowest BCUT2D eigenvalue weighted by Gasteiger charge is -2.18. The minimum atomic E-state index is -3.32. The molecule has 94 valence electrons. The van der Waals surface area contributed by atoms with Gasteiger partial charge in [-0.25, -0.2) is 18.4 Å². The Kier molecular flexibility index (Phi) is 3.29. The molecule has 0 unspecified atom stereocenters. The van der Waals surface area contributed by atoms with Crippen molar-refractivity contribution in [2.45, 2.75) is 5.03 Å². The molecule has 0 saturated heterocycles. The molecule has 6 heteroatoms. The minimum absolute atomic E-state index is 0.0234. The van der Waals surface area contributed by atoms with Gasteiger partial charge in [-0.1, -0.05) is 18.2 Å². The second-order valence-electron chi connectivity index (χ2n) is 3.88. The van der Waals surface area contributed by atoms with Gasteiger partial charge in [-0.05, 0) is 12.1 Å². The first kappa shape index (κ1) is 12.5. The van der Waals surface area contributed by atoms with Crippen LogP contribution in [0.2, 0.25) is 0 Å². The van der Waals surface area contributed by atoms with Crippen LogP contribution in [-0.2, 0) is 9.84 Å². The van der Waals surface area contributed by atoms with Crippen molar-refractivity contribution >= 4 is 21.3 Å². The number of benzene rings is 1. The van der Waals surface area contributed by atoms with E-state index in [1.54, 1.807) is 4.90 Å². The molecule has 0 amide bonds. The normalized spacial score (nSPS) is 11.2. The number of sulfone groups is 1. The van der Waals surface area contributed by atoms with Crippen molar-refractivity contribution in [1.82, 2.24) is 9.97 Å². The predicted octanol–water partition coefficient (Wildman–Crippen LogP) is 1.65. The summed E-state index contributed by atoms with van der Waals surface area (Å²) in [6.45, 7) is 0. The molecule has 1 heterocycles. The second-order valence-corrected chi connectivity index (χ2v) is 5.84. The minimum Gasteiger partial charge on any atom is -0.329 e. The molecule has 0 bridgehead atoms. The zero-order valence-corrected chi connectivity index (χ0v) is 10.9. The third kappa shape index (κ3) is 2.65. The third-order valence-electron chi connectivity index (χ3n) is 2.49. The van der Waals surface area contributed by atoms with Crippen LogP contribution >= 0.6 is 0 Å². The van der Waals surface area contributed by atoms with E-state index < -0.39 is 9.84 Å². The first-order valence-corrected chi connectivity index (χ1v) is 7.18. The molecular formula is C12H13N3O2S. The van der Waals surface area contributed by atoms with Gasteiger partial charge in [-0.3, -0.25) is 0 Å². The maximum absolute atomic E-state index is 11.4. The van der Waals surface area contributed by atoms with Crippen LogP contribution in [0.25, 0.3) is 0 Å². The molecule has 5 nitrogen and oxygen atoms in total. The average molecular weight is 263 g/mol. The quantitative estimate of drug-likeness (QED) is 0.788. The van der Waals surface area contributed by atoms with Crippen LogP contribution in [0.4, 0.5) is 11.5 Å². The zero-order chi connectivity index (χ0) is 13.2. The van der Waals surface area contributed by atoms with E-state index in [1.807, 2.05) is 37.4 Å². The van der Waals surface area contributed by atoms with Crippen molar-refractivity contribution in [2.75, 3.05) is 18.2 Å². The molecule has 1 aromatic heterocycles. The molecule has 0 N–H and O–H groups in total. The van der Waals surface area contributed by atoms with Crippen molar-refractivity contribution in [3.05, 3.63) is 42.7 Å². The number of para-hydroxylation sites is 1. The Balaban J connectivity index is 2.41. The van der Waals surface area contributed by atoms with Crippen LogP contribution < -0.4 is 4.90 Å². The molecule has 0 radical (unpaired) electrons. The fourth-order valence-corrected chi connectivity index (χ4v) is 2.06. The van der Waals surface area contributed by atoms with Gasteiger partial charge in [0.2, 0.25) is 0 Å². The number of aromatic nitrogens is 2. The number of hydrogen-bond acceptors (Lipinski definition) is 5. The van der Waals surface area contributed by atoms with Gasteiger partial charge in [0.15, 0.2) is 14.9 Å². The molecule has 0 saturated carbocycles. The Morgan fingerprint density at radius 1 is 1.11 bits per heavy atom. The van der Waals surface area contributed by atoms with E-state index in [1.165, 1.54) is 12.4 Å². The van der Waals surface area contributed by atoms with E-state index in [0.29, 0.717) is 5.82 Å². The van der Waals surface area contributed by atoms with Crippen LogP contribution in [0, 0.1) is 0 Å². The molecule has 0 fully saturated rings. The Labute approximate surface area is 106 Å². The van der Waals surface area contributed by atoms with Gasteiger partial charge < -0.3 is 4.90 Å². The fourth-order valence-electron chi connectivity index (χ4n) is 1.50. The number of rotatable bonds is 3. The summed E-state index contributed by atoms with van der Waals surface area (Å²) in [5.74, 6) is 0.539. The van der Waals surface area contributed by atoms with Gasteiger partial charge in [-0.15, -0.1) is 0 Å². The van der Waals surface area contributed by atoms with Crippen LogP contribution in [0.5, 0.6) is 0 Å². The topological polar surface area (TPSA) is 63.2 Å². The number of hydrogen-bond donors (Lipinski definition) is 0. The summed E-state index contributed by atoms with van der Waals surface area (Å²) in [5.41, 5.74) is 0.927. The summed E-state index contributed by atoms with van der Waals surface area (Å²) in [6, 6.07) is 11.0. The van der Waals surface area contributed by atoms with E-state index in [0.717, 1.165) is 11.9 Å². The highest BCUT2D eigenvalue weighted by molar-refractivity contribution is 7.90. The van der Waals surface area contributed by atoms with Gasteiger partial charge in [0.25, 0.3) is 0 Å². The van der Waals surface area contributed by atoms with Gasteiger partial charge in [-0.2, -0.15) is 0 Å². The molecule has 1 aromatic carbocycles. The summed E-state index contributed by atoms with van der Waals surface area (Å²) < 4.78 is 22.9. The third-order valence-corrected chi connectivity index (χ3v) is 3.48. The van der Waals surface area contributed by atoms with Crippen molar-refractivity contribution < 1.29 is 8.42 Å². The average Bonchev–Trinajstić information content (AvgIpc) is 2.38. The van der Waals surface area contributed by atoms with Crippen molar-refractivity contribution in [3.63, 3.8) is 0 Å². The summed E-state index contributed by atoms with van der Waals surface area (Å²) in [7, 11) is -1.50. The Morgan fingerprint density at radius 2 is 1.78 bits per heavy atom. The summed E-state index contributed by atoms with van der Waals surface area (Å²) in [4.78, 5) is 9.64. The Morgan fingerprint density at radius 3 is 2.39 bits per heavy atom. The molecule has 2 rings (SSSR count).